The number of benzene rings is 1. The number of methoxy groups -OCH3 is 1. The predicted molar refractivity (Wildman–Crippen MR) is 113 cm³/mol. The molecule has 1 aromatic carbocycles. The first-order chi connectivity index (χ1) is 13.0. The van der Waals surface area contributed by atoms with Crippen LogP contribution in [0.2, 0.25) is 0 Å². The zero-order valence-corrected chi connectivity index (χ0v) is 17.8. The fourth-order valence-corrected chi connectivity index (χ4v) is 6.74. The topological polar surface area (TPSA) is 24.8 Å². The molecule has 3 nitrogen and oxygen atoms in total. The van der Waals surface area contributed by atoms with Crippen LogP contribution < -0.4 is 4.74 Å². The van der Waals surface area contributed by atoms with Crippen LogP contribution in [0.1, 0.15) is 69.4 Å². The van der Waals surface area contributed by atoms with Crippen molar-refractivity contribution in [2.45, 2.75) is 64.7 Å². The lowest BCUT2D eigenvalue weighted by atomic mass is 9.52. The molecule has 3 aliphatic rings. The van der Waals surface area contributed by atoms with Crippen LogP contribution in [-0.2, 0) is 6.42 Å². The third-order valence-corrected chi connectivity index (χ3v) is 7.83. The maximum atomic E-state index is 5.53. The smallest absolute Gasteiger partial charge is 0.119 e. The van der Waals surface area contributed by atoms with Crippen molar-refractivity contribution in [3.8, 4) is 5.75 Å². The molecule has 4 rings (SSSR count). The molecule has 0 N–H and O–H groups in total. The summed E-state index contributed by atoms with van der Waals surface area (Å²) in [7, 11) is 5.92. The molecule has 0 aliphatic heterocycles. The highest BCUT2D eigenvalue weighted by molar-refractivity contribution is 5.92. The van der Waals surface area contributed by atoms with Gasteiger partial charge in [-0.25, -0.2) is 0 Å². The molecule has 3 aliphatic carbocycles. The van der Waals surface area contributed by atoms with Crippen LogP contribution in [0.4, 0.5) is 0 Å². The summed E-state index contributed by atoms with van der Waals surface area (Å²) in [4.78, 5) is 0. The quantitative estimate of drug-likeness (QED) is 0.656. The molecule has 1 aromatic rings. The van der Waals surface area contributed by atoms with E-state index >= 15 is 0 Å². The lowest BCUT2D eigenvalue weighted by Crippen LogP contribution is -2.46. The Bertz CT molecular complexity index is 725. The van der Waals surface area contributed by atoms with E-state index < -0.39 is 0 Å². The first-order valence-corrected chi connectivity index (χ1v) is 10.9. The number of nitrogens with zero attached hydrogens (tertiary/aromatic N) is 2. The number of hydrazone groups is 1. The minimum Gasteiger partial charge on any atom is -0.497 e. The molecule has 0 amide bonds. The zero-order chi connectivity index (χ0) is 19.2. The largest absolute Gasteiger partial charge is 0.497 e. The van der Waals surface area contributed by atoms with E-state index in [1.54, 1.807) is 18.2 Å². The highest BCUT2D eigenvalue weighted by atomic mass is 16.5. The maximum Gasteiger partial charge on any atom is 0.119 e. The second kappa shape index (κ2) is 7.14. The molecule has 0 bridgehead atoms. The number of rotatable bonds is 4. The standard InChI is InChI=1S/C24H36N2O/c1-6-7-16-14-17-15-18(27-5)8-9-19(17)20-12-13-24(2)21(23(16)20)10-11-22(24)25-26(3)4/h8-9,15-16,20-21,23H,6-7,10-14H2,1-5H3/t16-,20-,21+,23-,24+/m1/s1. The molecule has 5 atom stereocenters. The molecule has 2 fully saturated rings. The van der Waals surface area contributed by atoms with Crippen molar-refractivity contribution < 1.29 is 4.74 Å². The molecular weight excluding hydrogens is 332 g/mol. The lowest BCUT2D eigenvalue weighted by Gasteiger charge is -2.52. The van der Waals surface area contributed by atoms with Crippen LogP contribution in [0.5, 0.6) is 5.75 Å². The van der Waals surface area contributed by atoms with E-state index in [2.05, 4.69) is 46.1 Å². The minimum absolute atomic E-state index is 0.307. The first-order valence-electron chi connectivity index (χ1n) is 10.9. The Balaban J connectivity index is 1.73. The second-order valence-electron chi connectivity index (χ2n) is 9.50. The van der Waals surface area contributed by atoms with E-state index in [0.29, 0.717) is 5.41 Å². The van der Waals surface area contributed by atoms with Gasteiger partial charge in [0.25, 0.3) is 0 Å². The monoisotopic (exact) mass is 368 g/mol. The third kappa shape index (κ3) is 3.07. The van der Waals surface area contributed by atoms with Gasteiger partial charge in [0, 0.05) is 25.2 Å². The summed E-state index contributed by atoms with van der Waals surface area (Å²) in [5.41, 5.74) is 4.94. The van der Waals surface area contributed by atoms with Crippen LogP contribution in [0.3, 0.4) is 0 Å². The third-order valence-electron chi connectivity index (χ3n) is 7.83. The number of hydrogen-bond acceptors (Lipinski definition) is 3. The van der Waals surface area contributed by atoms with Gasteiger partial charge in [0.05, 0.1) is 7.11 Å². The summed E-state index contributed by atoms with van der Waals surface area (Å²) in [5, 5.41) is 6.96. The molecule has 0 unspecified atom stereocenters. The zero-order valence-electron chi connectivity index (χ0n) is 17.8. The Hall–Kier alpha value is -1.51. The summed E-state index contributed by atoms with van der Waals surface area (Å²) < 4.78 is 5.53. The summed E-state index contributed by atoms with van der Waals surface area (Å²) >= 11 is 0. The van der Waals surface area contributed by atoms with Gasteiger partial charge in [0.1, 0.15) is 5.75 Å². The second-order valence-corrected chi connectivity index (χ2v) is 9.50. The van der Waals surface area contributed by atoms with Crippen LogP contribution in [0.25, 0.3) is 0 Å². The van der Waals surface area contributed by atoms with Gasteiger partial charge in [-0.2, -0.15) is 5.10 Å². The van der Waals surface area contributed by atoms with Gasteiger partial charge in [-0.1, -0.05) is 32.8 Å². The van der Waals surface area contributed by atoms with Crippen molar-refractivity contribution in [1.29, 1.82) is 0 Å². The molecule has 148 valence electrons. The van der Waals surface area contributed by atoms with Gasteiger partial charge in [0.2, 0.25) is 0 Å². The van der Waals surface area contributed by atoms with Gasteiger partial charge in [0.15, 0.2) is 0 Å². The van der Waals surface area contributed by atoms with Crippen LogP contribution in [-0.4, -0.2) is 31.9 Å². The molecular formula is C24H36N2O. The Morgan fingerprint density at radius 1 is 1.26 bits per heavy atom. The van der Waals surface area contributed by atoms with E-state index in [0.717, 1.165) is 29.4 Å². The molecule has 0 radical (unpaired) electrons. The first kappa shape index (κ1) is 18.8. The van der Waals surface area contributed by atoms with Crippen molar-refractivity contribution in [3.63, 3.8) is 0 Å². The summed E-state index contributed by atoms with van der Waals surface area (Å²) in [6.07, 6.45) is 8.99. The Labute approximate surface area is 165 Å². The highest BCUT2D eigenvalue weighted by Gasteiger charge is 2.55. The van der Waals surface area contributed by atoms with Gasteiger partial charge >= 0.3 is 0 Å². The van der Waals surface area contributed by atoms with Crippen molar-refractivity contribution in [3.05, 3.63) is 29.3 Å². The molecule has 3 heteroatoms. The van der Waals surface area contributed by atoms with Crippen molar-refractivity contribution in [2.24, 2.45) is 28.3 Å². The van der Waals surface area contributed by atoms with E-state index in [9.17, 15) is 0 Å². The van der Waals surface area contributed by atoms with Crippen molar-refractivity contribution in [2.75, 3.05) is 21.2 Å². The van der Waals surface area contributed by atoms with Crippen LogP contribution in [0.15, 0.2) is 23.3 Å². The molecule has 2 saturated carbocycles. The fourth-order valence-electron chi connectivity index (χ4n) is 6.74. The van der Waals surface area contributed by atoms with Crippen molar-refractivity contribution in [1.82, 2.24) is 5.01 Å². The Morgan fingerprint density at radius 2 is 2.07 bits per heavy atom. The van der Waals surface area contributed by atoms with Crippen molar-refractivity contribution >= 4 is 5.71 Å². The van der Waals surface area contributed by atoms with Crippen LogP contribution in [0, 0.1) is 23.2 Å². The number of ether oxygens (including phenoxy) is 1. The lowest BCUT2D eigenvalue weighted by molar-refractivity contribution is 0.0497. The van der Waals surface area contributed by atoms with E-state index in [4.69, 9.17) is 9.84 Å². The van der Waals surface area contributed by atoms with E-state index in [-0.39, 0.29) is 0 Å². The summed E-state index contributed by atoms with van der Waals surface area (Å²) in [6.45, 7) is 4.88. The predicted octanol–water partition coefficient (Wildman–Crippen LogP) is 5.50. The highest BCUT2D eigenvalue weighted by Crippen LogP contribution is 2.61. The van der Waals surface area contributed by atoms with Gasteiger partial charge in [-0.05, 0) is 79.0 Å². The minimum atomic E-state index is 0.307. The SMILES string of the molecule is CCC[C@@H]1Cc2cc(OC)ccc2[C@H]2CC[C@]3(C)C(=NN(C)C)CC[C@H]3[C@H]12. The average Bonchev–Trinajstić information content (AvgIpc) is 2.97. The maximum absolute atomic E-state index is 5.53. The Morgan fingerprint density at radius 3 is 2.78 bits per heavy atom. The average molecular weight is 369 g/mol. The summed E-state index contributed by atoms with van der Waals surface area (Å²) in [5.74, 6) is 4.17. The molecule has 0 spiro atoms. The summed E-state index contributed by atoms with van der Waals surface area (Å²) in [6, 6.07) is 6.87. The van der Waals surface area contributed by atoms with Crippen LogP contribution >= 0.6 is 0 Å². The van der Waals surface area contributed by atoms with Gasteiger partial charge < -0.3 is 9.75 Å². The molecule has 27 heavy (non-hydrogen) atoms. The molecule has 0 aromatic heterocycles. The van der Waals surface area contributed by atoms with Gasteiger partial charge in [-0.3, -0.25) is 0 Å². The normalized spacial score (nSPS) is 36.1. The van der Waals surface area contributed by atoms with E-state index in [1.165, 1.54) is 50.7 Å². The number of fused-ring (bicyclic) bond motifs is 5. The fraction of sp³-hybridized carbons (Fsp3) is 0.708. The van der Waals surface area contributed by atoms with Gasteiger partial charge in [-0.15, -0.1) is 0 Å². The molecule has 0 heterocycles. The number of hydrogen-bond donors (Lipinski definition) is 0. The van der Waals surface area contributed by atoms with E-state index in [1.807, 2.05) is 5.01 Å². The Kier molecular flexibility index (Phi) is 4.98. The molecule has 0 saturated heterocycles.